The Labute approximate surface area is 101 Å². The van der Waals surface area contributed by atoms with E-state index in [0.717, 1.165) is 12.0 Å². The zero-order chi connectivity index (χ0) is 11.9. The smallest absolute Gasteiger partial charge is 0.104 e. The van der Waals surface area contributed by atoms with Crippen molar-refractivity contribution in [3.05, 3.63) is 16.0 Å². The van der Waals surface area contributed by atoms with Gasteiger partial charge in [0.15, 0.2) is 0 Å². The van der Waals surface area contributed by atoms with Crippen LogP contribution in [-0.4, -0.2) is 0 Å². The second-order valence-corrected chi connectivity index (χ2v) is 6.31. The molecule has 3 heteroatoms. The van der Waals surface area contributed by atoms with Crippen molar-refractivity contribution < 1.29 is 0 Å². The number of nitrogen functional groups attached to an aromatic ring is 1. The number of nitrogens with two attached hydrogens (primary N) is 1. The lowest BCUT2D eigenvalue weighted by Gasteiger charge is -2.38. The van der Waals surface area contributed by atoms with Crippen molar-refractivity contribution in [1.82, 2.24) is 0 Å². The number of rotatable bonds is 1. The van der Waals surface area contributed by atoms with Gasteiger partial charge in [-0.05, 0) is 36.2 Å². The molecule has 2 rings (SSSR count). The molecule has 0 aromatic carbocycles. The van der Waals surface area contributed by atoms with E-state index in [1.807, 2.05) is 0 Å². The maximum atomic E-state index is 9.25. The summed E-state index contributed by atoms with van der Waals surface area (Å²) in [6.07, 6.45) is 3.48. The van der Waals surface area contributed by atoms with Crippen molar-refractivity contribution in [3.63, 3.8) is 0 Å². The Kier molecular flexibility index (Phi) is 2.71. The fraction of sp³-hybridized carbons (Fsp3) is 0.615. The molecule has 0 saturated carbocycles. The highest BCUT2D eigenvalue weighted by molar-refractivity contribution is 7.16. The minimum absolute atomic E-state index is 0.132. The lowest BCUT2D eigenvalue weighted by Crippen LogP contribution is -2.32. The number of aryl methyl sites for hydroxylation is 1. The Morgan fingerprint density at radius 3 is 2.75 bits per heavy atom. The molecule has 0 bridgehead atoms. The first kappa shape index (κ1) is 11.5. The van der Waals surface area contributed by atoms with E-state index in [1.165, 1.54) is 23.3 Å². The van der Waals surface area contributed by atoms with Gasteiger partial charge in [-0.25, -0.2) is 0 Å². The Bertz CT molecular complexity index is 453. The number of nitrogens with zero attached hydrogens (tertiary/aromatic N) is 1. The fourth-order valence-corrected chi connectivity index (χ4v) is 3.91. The van der Waals surface area contributed by atoms with Gasteiger partial charge >= 0.3 is 0 Å². The average molecular weight is 234 g/mol. The molecular formula is C13H18N2S. The van der Waals surface area contributed by atoms with E-state index in [4.69, 9.17) is 5.73 Å². The molecule has 0 spiro atoms. The summed E-state index contributed by atoms with van der Waals surface area (Å²) < 4.78 is 0. The maximum absolute atomic E-state index is 9.25. The van der Waals surface area contributed by atoms with E-state index in [-0.39, 0.29) is 5.41 Å². The van der Waals surface area contributed by atoms with Crippen LogP contribution >= 0.6 is 11.3 Å². The molecule has 1 aromatic heterocycles. The molecule has 0 saturated heterocycles. The molecule has 16 heavy (non-hydrogen) atoms. The number of hydrogen-bond acceptors (Lipinski definition) is 3. The second kappa shape index (κ2) is 3.78. The second-order valence-electron chi connectivity index (χ2n) is 5.18. The summed E-state index contributed by atoms with van der Waals surface area (Å²) in [5.74, 6) is 0.549. The van der Waals surface area contributed by atoms with Gasteiger partial charge in [0.2, 0.25) is 0 Å². The highest BCUT2D eigenvalue weighted by atomic mass is 32.1. The summed E-state index contributed by atoms with van der Waals surface area (Å²) in [5, 5.41) is 9.96. The van der Waals surface area contributed by atoms with Crippen LogP contribution in [0.25, 0.3) is 0 Å². The summed E-state index contributed by atoms with van der Waals surface area (Å²) >= 11 is 1.62. The van der Waals surface area contributed by atoms with Crippen molar-refractivity contribution in [3.8, 4) is 6.07 Å². The number of thiophene rings is 1. The first-order valence-electron chi connectivity index (χ1n) is 5.82. The molecule has 0 amide bonds. The van der Waals surface area contributed by atoms with Gasteiger partial charge in [0, 0.05) is 4.88 Å². The van der Waals surface area contributed by atoms with E-state index in [0.29, 0.717) is 10.9 Å². The Balaban J connectivity index is 2.66. The standard InChI is InChI=1S/C13H18N2S/c1-8(2)13(3)6-4-5-10-11(13)9(7-14)12(15)16-10/h8H,4-6,15H2,1-3H3. The van der Waals surface area contributed by atoms with Crippen LogP contribution in [0.3, 0.4) is 0 Å². The Hall–Kier alpha value is -1.01. The molecular weight excluding hydrogens is 216 g/mol. The van der Waals surface area contributed by atoms with E-state index in [2.05, 4.69) is 26.8 Å². The Morgan fingerprint density at radius 2 is 2.19 bits per heavy atom. The van der Waals surface area contributed by atoms with Crippen LogP contribution in [-0.2, 0) is 11.8 Å². The van der Waals surface area contributed by atoms with Crippen LogP contribution in [0.2, 0.25) is 0 Å². The minimum Gasteiger partial charge on any atom is -0.389 e. The molecule has 0 fully saturated rings. The van der Waals surface area contributed by atoms with Crippen LogP contribution in [0.15, 0.2) is 0 Å². The summed E-state index contributed by atoms with van der Waals surface area (Å²) in [6, 6.07) is 2.30. The van der Waals surface area contributed by atoms with Gasteiger partial charge in [-0.1, -0.05) is 20.8 Å². The number of fused-ring (bicyclic) bond motifs is 1. The summed E-state index contributed by atoms with van der Waals surface area (Å²) in [5.41, 5.74) is 8.08. The monoisotopic (exact) mass is 234 g/mol. The van der Waals surface area contributed by atoms with Crippen LogP contribution in [0.4, 0.5) is 5.00 Å². The van der Waals surface area contributed by atoms with Crippen molar-refractivity contribution in [2.75, 3.05) is 5.73 Å². The third-order valence-corrected chi connectivity index (χ3v) is 5.14. The maximum Gasteiger partial charge on any atom is 0.104 e. The van der Waals surface area contributed by atoms with Gasteiger partial charge in [-0.3, -0.25) is 0 Å². The topological polar surface area (TPSA) is 49.8 Å². The first-order chi connectivity index (χ1) is 7.50. The van der Waals surface area contributed by atoms with Crippen molar-refractivity contribution in [1.29, 1.82) is 5.26 Å². The molecule has 2 N–H and O–H groups in total. The zero-order valence-corrected chi connectivity index (χ0v) is 10.9. The Morgan fingerprint density at radius 1 is 1.50 bits per heavy atom. The van der Waals surface area contributed by atoms with Crippen LogP contribution in [0, 0.1) is 17.2 Å². The molecule has 1 aromatic rings. The van der Waals surface area contributed by atoms with Crippen LogP contribution in [0.5, 0.6) is 0 Å². The SMILES string of the molecule is CC(C)C1(C)CCCc2sc(N)c(C#N)c21. The molecule has 2 nitrogen and oxygen atoms in total. The van der Waals surface area contributed by atoms with Crippen LogP contribution < -0.4 is 5.73 Å². The van der Waals surface area contributed by atoms with E-state index < -0.39 is 0 Å². The summed E-state index contributed by atoms with van der Waals surface area (Å²) in [7, 11) is 0. The van der Waals surface area contributed by atoms with Crippen molar-refractivity contribution in [2.45, 2.75) is 45.4 Å². The minimum atomic E-state index is 0.132. The van der Waals surface area contributed by atoms with Crippen molar-refractivity contribution in [2.24, 2.45) is 5.92 Å². The van der Waals surface area contributed by atoms with Gasteiger partial charge in [0.05, 0.1) is 5.56 Å². The van der Waals surface area contributed by atoms with Gasteiger partial charge in [0.1, 0.15) is 11.1 Å². The number of hydrogen-bond donors (Lipinski definition) is 1. The molecule has 0 aliphatic heterocycles. The molecule has 0 radical (unpaired) electrons. The quantitative estimate of drug-likeness (QED) is 0.809. The largest absolute Gasteiger partial charge is 0.389 e. The number of nitriles is 1. The predicted octanol–water partition coefficient (Wildman–Crippen LogP) is 3.45. The summed E-state index contributed by atoms with van der Waals surface area (Å²) in [6.45, 7) is 6.76. The molecule has 1 aliphatic carbocycles. The van der Waals surface area contributed by atoms with Crippen LogP contribution in [0.1, 0.15) is 49.6 Å². The van der Waals surface area contributed by atoms with Gasteiger partial charge in [-0.2, -0.15) is 5.26 Å². The van der Waals surface area contributed by atoms with Gasteiger partial charge in [-0.15, -0.1) is 11.3 Å². The average Bonchev–Trinajstić information content (AvgIpc) is 2.55. The lowest BCUT2D eigenvalue weighted by molar-refractivity contribution is 0.292. The van der Waals surface area contributed by atoms with E-state index >= 15 is 0 Å². The third-order valence-electron chi connectivity index (χ3n) is 4.07. The molecule has 1 unspecified atom stereocenters. The fourth-order valence-electron chi connectivity index (χ4n) is 2.71. The predicted molar refractivity (Wildman–Crippen MR) is 68.6 cm³/mol. The molecule has 1 heterocycles. The highest BCUT2D eigenvalue weighted by Crippen LogP contribution is 2.48. The number of anilines is 1. The molecule has 86 valence electrons. The highest BCUT2D eigenvalue weighted by Gasteiger charge is 2.39. The van der Waals surface area contributed by atoms with Gasteiger partial charge < -0.3 is 5.73 Å². The van der Waals surface area contributed by atoms with Gasteiger partial charge in [0.25, 0.3) is 0 Å². The molecule has 1 atom stereocenters. The van der Waals surface area contributed by atoms with E-state index in [1.54, 1.807) is 11.3 Å². The first-order valence-corrected chi connectivity index (χ1v) is 6.64. The zero-order valence-electron chi connectivity index (χ0n) is 10.1. The normalized spacial score (nSPS) is 24.2. The summed E-state index contributed by atoms with van der Waals surface area (Å²) in [4.78, 5) is 1.34. The lowest BCUT2D eigenvalue weighted by atomic mass is 9.66. The van der Waals surface area contributed by atoms with E-state index in [9.17, 15) is 5.26 Å². The molecule has 1 aliphatic rings. The van der Waals surface area contributed by atoms with Crippen molar-refractivity contribution >= 4 is 16.3 Å². The third kappa shape index (κ3) is 1.44.